The number of rotatable bonds is 3. The van der Waals surface area contributed by atoms with Gasteiger partial charge in [0, 0.05) is 28.1 Å². The van der Waals surface area contributed by atoms with Crippen molar-refractivity contribution in [2.45, 2.75) is 0 Å². The summed E-state index contributed by atoms with van der Waals surface area (Å²) >= 11 is 3.40. The van der Waals surface area contributed by atoms with Crippen LogP contribution >= 0.6 is 15.9 Å². The molecule has 16 heavy (non-hydrogen) atoms. The lowest BCUT2D eigenvalue weighted by atomic mass is 10.1. The lowest BCUT2D eigenvalue weighted by Crippen LogP contribution is -1.94. The molecule has 0 unspecified atom stereocenters. The predicted octanol–water partition coefficient (Wildman–Crippen LogP) is 3.50. The molecular formula is C12H10BrN3. The average Bonchev–Trinajstić information content (AvgIpc) is 2.81. The Bertz CT molecular complexity index is 529. The Morgan fingerprint density at radius 3 is 2.88 bits per heavy atom. The van der Waals surface area contributed by atoms with Crippen LogP contribution in [-0.4, -0.2) is 16.3 Å². The summed E-state index contributed by atoms with van der Waals surface area (Å²) in [6.45, 7) is 7.59. The third kappa shape index (κ3) is 1.97. The zero-order chi connectivity index (χ0) is 11.5. The fraction of sp³-hybridized carbons (Fsp3) is 0. The van der Waals surface area contributed by atoms with Crippen LogP contribution < -0.4 is 0 Å². The molecule has 2 rings (SSSR count). The van der Waals surface area contributed by atoms with Crippen LogP contribution in [0.4, 0.5) is 5.69 Å². The van der Waals surface area contributed by atoms with Gasteiger partial charge in [-0.15, -0.1) is 0 Å². The minimum Gasteiger partial charge on any atom is -0.306 e. The van der Waals surface area contributed by atoms with Gasteiger partial charge in [-0.3, -0.25) is 4.99 Å². The Labute approximate surface area is 102 Å². The van der Waals surface area contributed by atoms with Crippen molar-refractivity contribution < 1.29 is 0 Å². The van der Waals surface area contributed by atoms with Crippen molar-refractivity contribution in [2.24, 2.45) is 4.99 Å². The lowest BCUT2D eigenvalue weighted by molar-refractivity contribution is 1.09. The second-order valence-corrected chi connectivity index (χ2v) is 4.15. The molecule has 2 aromatic rings. The summed E-state index contributed by atoms with van der Waals surface area (Å²) in [4.78, 5) is 7.98. The van der Waals surface area contributed by atoms with Gasteiger partial charge in [0.15, 0.2) is 0 Å². The van der Waals surface area contributed by atoms with E-state index in [2.05, 4.69) is 39.2 Å². The van der Waals surface area contributed by atoms with Crippen LogP contribution in [-0.2, 0) is 0 Å². The van der Waals surface area contributed by atoms with Crippen molar-refractivity contribution in [1.82, 2.24) is 9.55 Å². The van der Waals surface area contributed by atoms with E-state index in [-0.39, 0.29) is 0 Å². The van der Waals surface area contributed by atoms with Crippen molar-refractivity contribution >= 4 is 34.0 Å². The largest absolute Gasteiger partial charge is 0.306 e. The second kappa shape index (κ2) is 4.45. The quantitative estimate of drug-likeness (QED) is 0.789. The molecule has 0 spiro atoms. The SMILES string of the molecule is C=Nc1cc(Br)ccc1C(=C)n1ccnc1. The summed E-state index contributed by atoms with van der Waals surface area (Å²) in [5.74, 6) is 0. The van der Waals surface area contributed by atoms with Crippen LogP contribution in [0.2, 0.25) is 0 Å². The van der Waals surface area contributed by atoms with E-state index in [0.717, 1.165) is 21.4 Å². The molecule has 0 radical (unpaired) electrons. The zero-order valence-electron chi connectivity index (χ0n) is 8.60. The minimum absolute atomic E-state index is 0.799. The maximum Gasteiger partial charge on any atom is 0.0991 e. The first-order chi connectivity index (χ1) is 7.72. The summed E-state index contributed by atoms with van der Waals surface area (Å²) < 4.78 is 2.81. The van der Waals surface area contributed by atoms with Gasteiger partial charge in [0.25, 0.3) is 0 Å². The lowest BCUT2D eigenvalue weighted by Gasteiger charge is -2.09. The van der Waals surface area contributed by atoms with E-state index in [0.29, 0.717) is 0 Å². The molecule has 0 aliphatic rings. The van der Waals surface area contributed by atoms with Crippen molar-refractivity contribution in [1.29, 1.82) is 0 Å². The number of imidazole rings is 1. The number of halogens is 1. The van der Waals surface area contributed by atoms with Crippen molar-refractivity contribution in [3.8, 4) is 0 Å². The molecule has 0 aliphatic heterocycles. The summed E-state index contributed by atoms with van der Waals surface area (Å²) in [7, 11) is 0. The Hall–Kier alpha value is -1.68. The molecule has 4 heteroatoms. The third-order valence-corrected chi connectivity index (χ3v) is 2.75. The number of benzene rings is 1. The van der Waals surface area contributed by atoms with Gasteiger partial charge in [-0.1, -0.05) is 22.5 Å². The summed E-state index contributed by atoms with van der Waals surface area (Å²) in [6.07, 6.45) is 5.26. The Balaban J connectivity index is 2.48. The molecule has 0 atom stereocenters. The van der Waals surface area contributed by atoms with Crippen molar-refractivity contribution in [3.05, 3.63) is 53.5 Å². The molecule has 0 N–H and O–H groups in total. The highest BCUT2D eigenvalue weighted by Gasteiger charge is 2.06. The molecule has 1 aromatic carbocycles. The number of nitrogens with zero attached hydrogens (tertiary/aromatic N) is 3. The Morgan fingerprint density at radius 1 is 1.44 bits per heavy atom. The van der Waals surface area contributed by atoms with Crippen LogP contribution in [0.5, 0.6) is 0 Å². The van der Waals surface area contributed by atoms with Gasteiger partial charge in [-0.25, -0.2) is 4.98 Å². The number of aliphatic imine (C=N–C) groups is 1. The highest BCUT2D eigenvalue weighted by molar-refractivity contribution is 9.10. The van der Waals surface area contributed by atoms with Gasteiger partial charge in [0.1, 0.15) is 0 Å². The summed E-state index contributed by atoms with van der Waals surface area (Å²) in [5, 5.41) is 0. The summed E-state index contributed by atoms with van der Waals surface area (Å²) in [6, 6.07) is 5.81. The molecule has 0 fully saturated rings. The van der Waals surface area contributed by atoms with Crippen LogP contribution in [0.1, 0.15) is 5.56 Å². The first-order valence-electron chi connectivity index (χ1n) is 4.66. The number of hydrogen-bond donors (Lipinski definition) is 0. The van der Waals surface area contributed by atoms with Crippen LogP contribution in [0.25, 0.3) is 5.70 Å². The highest BCUT2D eigenvalue weighted by Crippen LogP contribution is 2.29. The molecule has 0 aliphatic carbocycles. The van der Waals surface area contributed by atoms with E-state index in [4.69, 9.17) is 0 Å². The maximum absolute atomic E-state index is 4.03. The number of aromatic nitrogens is 2. The van der Waals surface area contributed by atoms with Gasteiger partial charge < -0.3 is 4.57 Å². The highest BCUT2D eigenvalue weighted by atomic mass is 79.9. The van der Waals surface area contributed by atoms with Crippen molar-refractivity contribution in [3.63, 3.8) is 0 Å². The van der Waals surface area contributed by atoms with E-state index in [1.807, 2.05) is 29.0 Å². The molecular weight excluding hydrogens is 266 g/mol. The van der Waals surface area contributed by atoms with Gasteiger partial charge in [-0.05, 0) is 24.9 Å². The molecule has 0 amide bonds. The van der Waals surface area contributed by atoms with Gasteiger partial charge >= 0.3 is 0 Å². The molecule has 80 valence electrons. The van der Waals surface area contributed by atoms with Crippen LogP contribution in [0, 0.1) is 0 Å². The maximum atomic E-state index is 4.03. The number of hydrogen-bond acceptors (Lipinski definition) is 2. The zero-order valence-corrected chi connectivity index (χ0v) is 10.2. The first-order valence-corrected chi connectivity index (χ1v) is 5.45. The van der Waals surface area contributed by atoms with Gasteiger partial charge in [-0.2, -0.15) is 0 Å². The fourth-order valence-corrected chi connectivity index (χ4v) is 1.79. The Morgan fingerprint density at radius 2 is 2.25 bits per heavy atom. The van der Waals surface area contributed by atoms with E-state index in [9.17, 15) is 0 Å². The monoisotopic (exact) mass is 275 g/mol. The molecule has 1 heterocycles. The second-order valence-electron chi connectivity index (χ2n) is 3.24. The van der Waals surface area contributed by atoms with Crippen LogP contribution in [0.15, 0.2) is 53.0 Å². The predicted molar refractivity (Wildman–Crippen MR) is 70.0 cm³/mol. The van der Waals surface area contributed by atoms with Gasteiger partial charge in [0.2, 0.25) is 0 Å². The smallest absolute Gasteiger partial charge is 0.0991 e. The van der Waals surface area contributed by atoms with E-state index >= 15 is 0 Å². The first kappa shape index (κ1) is 10.8. The minimum atomic E-state index is 0.799. The van der Waals surface area contributed by atoms with Crippen molar-refractivity contribution in [2.75, 3.05) is 0 Å². The molecule has 1 aromatic heterocycles. The normalized spacial score (nSPS) is 10.1. The third-order valence-electron chi connectivity index (χ3n) is 2.26. The van der Waals surface area contributed by atoms with Gasteiger partial charge in [0.05, 0.1) is 12.0 Å². The molecule has 0 saturated heterocycles. The fourth-order valence-electron chi connectivity index (χ4n) is 1.44. The Kier molecular flexibility index (Phi) is 3.01. The summed E-state index contributed by atoms with van der Waals surface area (Å²) in [5.41, 5.74) is 2.57. The molecule has 0 bridgehead atoms. The van der Waals surface area contributed by atoms with Crippen LogP contribution in [0.3, 0.4) is 0 Å². The molecule has 3 nitrogen and oxygen atoms in total. The standard InChI is InChI=1S/C12H10BrN3/c1-9(16-6-5-15-8-16)11-4-3-10(13)7-12(11)14-2/h3-8H,1-2H2. The molecule has 0 saturated carbocycles. The van der Waals surface area contributed by atoms with E-state index in [1.54, 1.807) is 12.5 Å². The topological polar surface area (TPSA) is 30.2 Å². The average molecular weight is 276 g/mol. The van der Waals surface area contributed by atoms with E-state index < -0.39 is 0 Å². The van der Waals surface area contributed by atoms with E-state index in [1.165, 1.54) is 0 Å².